The number of sulfone groups is 1. The first-order valence-electron chi connectivity index (χ1n) is 7.85. The summed E-state index contributed by atoms with van der Waals surface area (Å²) in [5, 5.41) is 10.0. The largest absolute Gasteiger partial charge is 0.507 e. The molecule has 7 nitrogen and oxygen atoms in total. The smallest absolute Gasteiger partial charge is 0.342 e. The summed E-state index contributed by atoms with van der Waals surface area (Å²) >= 11 is 5.71. The first-order valence-corrected chi connectivity index (χ1v) is 10.0. The lowest BCUT2D eigenvalue weighted by Crippen LogP contribution is -2.46. The molecule has 1 aromatic rings. The topological polar surface area (TPSA) is 101 Å². The third-order valence-corrected chi connectivity index (χ3v) is 6.07. The molecule has 2 atom stereocenters. The van der Waals surface area contributed by atoms with E-state index in [2.05, 4.69) is 0 Å². The Kier molecular flexibility index (Phi) is 5.95. The molecule has 0 radical (unpaired) electrons. The van der Waals surface area contributed by atoms with E-state index in [0.29, 0.717) is 13.0 Å². The summed E-state index contributed by atoms with van der Waals surface area (Å²) in [5.41, 5.74) is -0.101. The van der Waals surface area contributed by atoms with Crippen LogP contribution in [0.4, 0.5) is 0 Å². The predicted molar refractivity (Wildman–Crippen MR) is 92.4 cm³/mol. The monoisotopic (exact) mass is 389 g/mol. The summed E-state index contributed by atoms with van der Waals surface area (Å²) in [6.07, 6.45) is -0.730. The van der Waals surface area contributed by atoms with Crippen LogP contribution in [0.1, 0.15) is 30.6 Å². The van der Waals surface area contributed by atoms with E-state index in [0.717, 1.165) is 0 Å². The molecule has 0 unspecified atom stereocenters. The predicted octanol–water partition coefficient (Wildman–Crippen LogP) is 1.63. The molecule has 25 heavy (non-hydrogen) atoms. The lowest BCUT2D eigenvalue weighted by Gasteiger charge is -2.29. The number of benzene rings is 1. The van der Waals surface area contributed by atoms with E-state index >= 15 is 0 Å². The summed E-state index contributed by atoms with van der Waals surface area (Å²) < 4.78 is 28.4. The van der Waals surface area contributed by atoms with Crippen LogP contribution in [0.25, 0.3) is 0 Å². The molecule has 1 aliphatic heterocycles. The van der Waals surface area contributed by atoms with Crippen molar-refractivity contribution in [1.29, 1.82) is 0 Å². The van der Waals surface area contributed by atoms with E-state index < -0.39 is 33.9 Å². The fourth-order valence-corrected chi connectivity index (χ4v) is 4.70. The number of hydrogen-bond donors (Lipinski definition) is 1. The SMILES string of the molecule is CCN(C(=O)[C@@H](C)OC(=O)c1ccc(Cl)cc1O)[C@@H]1CCS(=O)(=O)C1. The zero-order valence-electron chi connectivity index (χ0n) is 13.9. The fraction of sp³-hybridized carbons (Fsp3) is 0.500. The van der Waals surface area contributed by atoms with Crippen molar-refractivity contribution >= 4 is 33.3 Å². The average molecular weight is 390 g/mol. The second-order valence-electron chi connectivity index (χ2n) is 5.89. The zero-order valence-corrected chi connectivity index (χ0v) is 15.5. The molecule has 1 N–H and O–H groups in total. The lowest BCUT2D eigenvalue weighted by atomic mass is 10.2. The number of carbonyl (C=O) groups is 2. The highest BCUT2D eigenvalue weighted by Gasteiger charge is 2.36. The van der Waals surface area contributed by atoms with Gasteiger partial charge in [-0.1, -0.05) is 11.6 Å². The lowest BCUT2D eigenvalue weighted by molar-refractivity contribution is -0.141. The second kappa shape index (κ2) is 7.61. The second-order valence-corrected chi connectivity index (χ2v) is 8.56. The van der Waals surface area contributed by atoms with Gasteiger partial charge >= 0.3 is 5.97 Å². The number of likely N-dealkylation sites (N-methyl/N-ethyl adjacent to an activating group) is 1. The maximum absolute atomic E-state index is 12.5. The summed E-state index contributed by atoms with van der Waals surface area (Å²) in [4.78, 5) is 26.1. The van der Waals surface area contributed by atoms with Crippen molar-refractivity contribution in [3.63, 3.8) is 0 Å². The Labute approximate surface area is 151 Å². The van der Waals surface area contributed by atoms with E-state index in [4.69, 9.17) is 16.3 Å². The number of amides is 1. The van der Waals surface area contributed by atoms with E-state index in [1.54, 1.807) is 6.92 Å². The minimum atomic E-state index is -3.13. The number of phenolic OH excluding ortho intramolecular Hbond substituents is 1. The molecule has 0 aromatic heterocycles. The Bertz CT molecular complexity index is 779. The molecule has 9 heteroatoms. The van der Waals surface area contributed by atoms with Crippen molar-refractivity contribution in [2.24, 2.45) is 0 Å². The molecule has 2 rings (SSSR count). The van der Waals surface area contributed by atoms with E-state index in [1.807, 2.05) is 0 Å². The van der Waals surface area contributed by atoms with Crippen LogP contribution >= 0.6 is 11.6 Å². The van der Waals surface area contributed by atoms with Crippen molar-refractivity contribution in [2.45, 2.75) is 32.4 Å². The molecule has 1 fully saturated rings. The van der Waals surface area contributed by atoms with Crippen LogP contribution in [-0.4, -0.2) is 60.5 Å². The number of esters is 1. The highest BCUT2D eigenvalue weighted by atomic mass is 35.5. The maximum Gasteiger partial charge on any atom is 0.342 e. The van der Waals surface area contributed by atoms with Gasteiger partial charge in [0.15, 0.2) is 15.9 Å². The molecule has 138 valence electrons. The zero-order chi connectivity index (χ0) is 18.8. The van der Waals surface area contributed by atoms with Gasteiger partial charge in [-0.15, -0.1) is 0 Å². The van der Waals surface area contributed by atoms with Crippen LogP contribution in [-0.2, 0) is 19.4 Å². The van der Waals surface area contributed by atoms with Gasteiger partial charge in [0.1, 0.15) is 11.3 Å². The van der Waals surface area contributed by atoms with Crippen LogP contribution in [0.5, 0.6) is 5.75 Å². The molecule has 1 aliphatic rings. The highest BCUT2D eigenvalue weighted by molar-refractivity contribution is 7.91. The molecule has 0 bridgehead atoms. The number of phenols is 1. The third kappa shape index (κ3) is 4.64. The number of hydrogen-bond acceptors (Lipinski definition) is 6. The van der Waals surface area contributed by atoms with Gasteiger partial charge in [0, 0.05) is 17.6 Å². The van der Waals surface area contributed by atoms with Crippen LogP contribution in [0, 0.1) is 0 Å². The van der Waals surface area contributed by atoms with Gasteiger partial charge in [-0.05, 0) is 38.5 Å². The molecule has 1 aromatic carbocycles. The van der Waals surface area contributed by atoms with Gasteiger partial charge in [-0.3, -0.25) is 4.79 Å². The first kappa shape index (κ1) is 19.5. The molecule has 1 saturated heterocycles. The quantitative estimate of drug-likeness (QED) is 0.768. The first-order chi connectivity index (χ1) is 11.6. The highest BCUT2D eigenvalue weighted by Crippen LogP contribution is 2.24. The van der Waals surface area contributed by atoms with Gasteiger partial charge in [-0.2, -0.15) is 0 Å². The number of ether oxygens (including phenoxy) is 1. The summed E-state index contributed by atoms with van der Waals surface area (Å²) in [5.74, 6) is -1.69. The maximum atomic E-state index is 12.5. The molecular weight excluding hydrogens is 370 g/mol. The van der Waals surface area contributed by atoms with Crippen LogP contribution in [0.2, 0.25) is 5.02 Å². The molecule has 0 aliphatic carbocycles. The van der Waals surface area contributed by atoms with Crippen molar-refractivity contribution in [3.8, 4) is 5.75 Å². The fourth-order valence-electron chi connectivity index (χ4n) is 2.80. The number of nitrogens with zero attached hydrogens (tertiary/aromatic N) is 1. The molecule has 1 amide bonds. The standard InChI is InChI=1S/C16H20ClNO6S/c1-3-18(12-6-7-25(22,23)9-12)15(20)10(2)24-16(21)13-5-4-11(17)8-14(13)19/h4-5,8,10,12,19H,3,6-7,9H2,1-2H3/t10-,12-/m1/s1. The molecule has 0 saturated carbocycles. The van der Waals surface area contributed by atoms with Crippen LogP contribution in [0.15, 0.2) is 18.2 Å². The van der Waals surface area contributed by atoms with Crippen LogP contribution < -0.4 is 0 Å². The molecular formula is C16H20ClNO6S. The minimum Gasteiger partial charge on any atom is -0.507 e. The summed E-state index contributed by atoms with van der Waals surface area (Å²) in [7, 11) is -3.13. The Hall–Kier alpha value is -1.80. The van der Waals surface area contributed by atoms with Crippen molar-refractivity contribution in [3.05, 3.63) is 28.8 Å². The number of halogens is 1. The number of rotatable bonds is 5. The third-order valence-electron chi connectivity index (χ3n) is 4.08. The van der Waals surface area contributed by atoms with Crippen molar-refractivity contribution in [2.75, 3.05) is 18.1 Å². The van der Waals surface area contributed by atoms with Gasteiger partial charge in [0.2, 0.25) is 0 Å². The van der Waals surface area contributed by atoms with E-state index in [9.17, 15) is 23.1 Å². The Morgan fingerprint density at radius 1 is 1.44 bits per heavy atom. The van der Waals surface area contributed by atoms with Gasteiger partial charge < -0.3 is 14.7 Å². The minimum absolute atomic E-state index is 0.0499. The Morgan fingerprint density at radius 2 is 2.12 bits per heavy atom. The van der Waals surface area contributed by atoms with Gasteiger partial charge in [-0.25, -0.2) is 13.2 Å². The van der Waals surface area contributed by atoms with Crippen molar-refractivity contribution in [1.82, 2.24) is 4.90 Å². The van der Waals surface area contributed by atoms with Crippen LogP contribution in [0.3, 0.4) is 0 Å². The molecule has 1 heterocycles. The van der Waals surface area contributed by atoms with E-state index in [1.165, 1.54) is 30.0 Å². The summed E-state index contributed by atoms with van der Waals surface area (Å²) in [6, 6.07) is 3.52. The van der Waals surface area contributed by atoms with Gasteiger partial charge in [0.25, 0.3) is 5.91 Å². The van der Waals surface area contributed by atoms with Gasteiger partial charge in [0.05, 0.1) is 11.5 Å². The number of aromatic hydroxyl groups is 1. The van der Waals surface area contributed by atoms with E-state index in [-0.39, 0.29) is 27.8 Å². The van der Waals surface area contributed by atoms with Crippen molar-refractivity contribution < 1.29 is 27.9 Å². The summed E-state index contributed by atoms with van der Waals surface area (Å²) in [6.45, 7) is 3.47. The molecule has 0 spiro atoms. The number of carbonyl (C=O) groups excluding carboxylic acids is 2. The Morgan fingerprint density at radius 3 is 2.64 bits per heavy atom. The Balaban J connectivity index is 2.06. The normalized spacial score (nSPS) is 20.0. The average Bonchev–Trinajstić information content (AvgIpc) is 2.87.